The second kappa shape index (κ2) is 6.45. The van der Waals surface area contributed by atoms with Crippen LogP contribution in [0.3, 0.4) is 0 Å². The molecule has 1 heterocycles. The molecular formula is C17H19F4NO2. The molecule has 0 bridgehead atoms. The number of rotatable bonds is 1. The second-order valence-corrected chi connectivity index (χ2v) is 6.60. The maximum absolute atomic E-state index is 13.3. The third-order valence-corrected chi connectivity index (χ3v) is 3.50. The lowest BCUT2D eigenvalue weighted by Crippen LogP contribution is -2.39. The molecule has 1 aromatic carbocycles. The van der Waals surface area contributed by atoms with E-state index < -0.39 is 29.3 Å². The summed E-state index contributed by atoms with van der Waals surface area (Å²) in [6.45, 7) is 5.84. The molecule has 1 aliphatic heterocycles. The van der Waals surface area contributed by atoms with Crippen LogP contribution >= 0.6 is 0 Å². The lowest BCUT2D eigenvalue weighted by Gasteiger charge is -2.29. The van der Waals surface area contributed by atoms with E-state index in [1.54, 1.807) is 26.8 Å². The van der Waals surface area contributed by atoms with Crippen molar-refractivity contribution in [2.75, 3.05) is 13.1 Å². The van der Waals surface area contributed by atoms with Crippen molar-refractivity contribution < 1.29 is 27.1 Å². The van der Waals surface area contributed by atoms with Crippen molar-refractivity contribution in [2.45, 2.75) is 39.0 Å². The number of hydrogen-bond donors (Lipinski definition) is 0. The van der Waals surface area contributed by atoms with Crippen molar-refractivity contribution >= 4 is 11.7 Å². The van der Waals surface area contributed by atoms with Gasteiger partial charge in [-0.3, -0.25) is 0 Å². The lowest BCUT2D eigenvalue weighted by molar-refractivity contribution is -0.140. The smallest absolute Gasteiger partial charge is 0.419 e. The van der Waals surface area contributed by atoms with Gasteiger partial charge in [0.2, 0.25) is 0 Å². The number of carbonyl (C=O) groups is 1. The monoisotopic (exact) mass is 345 g/mol. The van der Waals surface area contributed by atoms with Gasteiger partial charge in [0.15, 0.2) is 0 Å². The van der Waals surface area contributed by atoms with Crippen molar-refractivity contribution in [3.63, 3.8) is 0 Å². The minimum atomic E-state index is -4.74. The molecule has 0 atom stereocenters. The summed E-state index contributed by atoms with van der Waals surface area (Å²) in [5.41, 5.74) is -0.928. The van der Waals surface area contributed by atoms with Crippen molar-refractivity contribution in [2.24, 2.45) is 0 Å². The van der Waals surface area contributed by atoms with E-state index in [2.05, 4.69) is 0 Å². The van der Waals surface area contributed by atoms with Gasteiger partial charge in [0.25, 0.3) is 0 Å². The molecule has 0 unspecified atom stereocenters. The lowest BCUT2D eigenvalue weighted by atomic mass is 9.97. The first-order valence-electron chi connectivity index (χ1n) is 7.51. The van der Waals surface area contributed by atoms with Crippen LogP contribution in [0.2, 0.25) is 0 Å². The van der Waals surface area contributed by atoms with E-state index >= 15 is 0 Å². The number of amides is 1. The zero-order valence-electron chi connectivity index (χ0n) is 13.7. The third kappa shape index (κ3) is 4.49. The van der Waals surface area contributed by atoms with Crippen molar-refractivity contribution in [3.8, 4) is 0 Å². The number of hydrogen-bond acceptors (Lipinski definition) is 2. The van der Waals surface area contributed by atoms with E-state index in [0.29, 0.717) is 24.1 Å². The van der Waals surface area contributed by atoms with E-state index in [-0.39, 0.29) is 6.54 Å². The number of halogens is 4. The highest BCUT2D eigenvalue weighted by Gasteiger charge is 2.34. The Kier molecular flexibility index (Phi) is 4.92. The van der Waals surface area contributed by atoms with Crippen LogP contribution < -0.4 is 0 Å². The normalized spacial score (nSPS) is 16.0. The van der Waals surface area contributed by atoms with Gasteiger partial charge >= 0.3 is 12.3 Å². The van der Waals surface area contributed by atoms with Crippen molar-refractivity contribution in [3.05, 3.63) is 41.2 Å². The largest absolute Gasteiger partial charge is 0.444 e. The molecule has 0 fully saturated rings. The summed E-state index contributed by atoms with van der Waals surface area (Å²) in [6, 6.07) is 2.95. The maximum atomic E-state index is 13.3. The molecule has 2 rings (SSSR count). The molecule has 0 aliphatic carbocycles. The second-order valence-electron chi connectivity index (χ2n) is 6.60. The molecule has 0 spiro atoms. The Morgan fingerprint density at radius 3 is 2.38 bits per heavy atom. The van der Waals surface area contributed by atoms with Gasteiger partial charge in [-0.15, -0.1) is 0 Å². The van der Waals surface area contributed by atoms with Gasteiger partial charge < -0.3 is 9.64 Å². The van der Waals surface area contributed by atoms with Gasteiger partial charge in [0.1, 0.15) is 11.4 Å². The van der Waals surface area contributed by atoms with E-state index in [1.807, 2.05) is 0 Å². The summed E-state index contributed by atoms with van der Waals surface area (Å²) in [5, 5.41) is 0. The summed E-state index contributed by atoms with van der Waals surface area (Å²) in [4.78, 5) is 13.4. The summed E-state index contributed by atoms with van der Waals surface area (Å²) >= 11 is 0. The van der Waals surface area contributed by atoms with Gasteiger partial charge in [-0.2, -0.15) is 13.2 Å². The number of nitrogens with zero attached hydrogens (tertiary/aromatic N) is 1. The van der Waals surface area contributed by atoms with Gasteiger partial charge in [0.05, 0.1) is 5.56 Å². The number of benzene rings is 1. The Morgan fingerprint density at radius 2 is 1.88 bits per heavy atom. The number of carbonyl (C=O) groups excluding carboxylic acids is 1. The number of alkyl halides is 3. The molecule has 132 valence electrons. The minimum absolute atomic E-state index is 0.239. The highest BCUT2D eigenvalue weighted by Crippen LogP contribution is 2.34. The Morgan fingerprint density at radius 1 is 1.21 bits per heavy atom. The van der Waals surface area contributed by atoms with Gasteiger partial charge in [0, 0.05) is 13.1 Å². The molecule has 7 heteroatoms. The molecule has 1 amide bonds. The van der Waals surface area contributed by atoms with Crippen molar-refractivity contribution in [1.29, 1.82) is 0 Å². The van der Waals surface area contributed by atoms with E-state index in [1.165, 1.54) is 11.0 Å². The molecule has 0 saturated heterocycles. The Labute approximate surface area is 137 Å². The van der Waals surface area contributed by atoms with E-state index in [4.69, 9.17) is 4.74 Å². The predicted octanol–water partition coefficient (Wildman–Crippen LogP) is 4.87. The average Bonchev–Trinajstić information content (AvgIpc) is 2.45. The zero-order valence-corrected chi connectivity index (χ0v) is 13.7. The van der Waals surface area contributed by atoms with Crippen molar-refractivity contribution in [1.82, 2.24) is 4.90 Å². The van der Waals surface area contributed by atoms with Crippen LogP contribution in [0.15, 0.2) is 24.3 Å². The first-order valence-corrected chi connectivity index (χ1v) is 7.51. The van der Waals surface area contributed by atoms with Crippen LogP contribution in [0, 0.1) is 5.82 Å². The van der Waals surface area contributed by atoms with Gasteiger partial charge in [-0.05, 0) is 50.5 Å². The summed E-state index contributed by atoms with van der Waals surface area (Å²) in [6.07, 6.45) is -3.16. The fourth-order valence-electron chi connectivity index (χ4n) is 2.37. The molecule has 0 aromatic heterocycles. The van der Waals surface area contributed by atoms with Gasteiger partial charge in [-0.1, -0.05) is 12.1 Å². The molecule has 0 saturated carbocycles. The van der Waals surface area contributed by atoms with Crippen LogP contribution in [-0.2, 0) is 10.9 Å². The summed E-state index contributed by atoms with van der Waals surface area (Å²) in [5.74, 6) is -1.29. The Bertz CT molecular complexity index is 660. The summed E-state index contributed by atoms with van der Waals surface area (Å²) < 4.78 is 57.0. The highest BCUT2D eigenvalue weighted by atomic mass is 19.4. The minimum Gasteiger partial charge on any atom is -0.444 e. The van der Waals surface area contributed by atoms with E-state index in [0.717, 1.165) is 12.1 Å². The van der Waals surface area contributed by atoms with Crippen LogP contribution in [0.25, 0.3) is 5.57 Å². The molecule has 0 radical (unpaired) electrons. The third-order valence-electron chi connectivity index (χ3n) is 3.50. The van der Waals surface area contributed by atoms with Crippen LogP contribution in [0.5, 0.6) is 0 Å². The first-order chi connectivity index (χ1) is 11.0. The first kappa shape index (κ1) is 18.3. The molecule has 1 aromatic rings. The average molecular weight is 345 g/mol. The molecule has 3 nitrogen and oxygen atoms in total. The predicted molar refractivity (Wildman–Crippen MR) is 81.8 cm³/mol. The molecule has 1 aliphatic rings. The fraction of sp³-hybridized carbons (Fsp3) is 0.471. The van der Waals surface area contributed by atoms with Crippen LogP contribution in [0.4, 0.5) is 22.4 Å². The zero-order chi connectivity index (χ0) is 18.1. The molecule has 0 N–H and O–H groups in total. The highest BCUT2D eigenvalue weighted by molar-refractivity contribution is 5.73. The quantitative estimate of drug-likeness (QED) is 0.680. The maximum Gasteiger partial charge on any atom is 0.419 e. The van der Waals surface area contributed by atoms with Crippen LogP contribution in [0.1, 0.15) is 38.3 Å². The van der Waals surface area contributed by atoms with E-state index in [9.17, 15) is 22.4 Å². The molecule has 24 heavy (non-hydrogen) atoms. The standard InChI is InChI=1S/C17H19F4NO2/c1-16(2,3)24-15(23)22-8-6-11(7-9-22)12-4-5-14(18)13(10-12)17(19,20)21/h4-6,10H,7-9H2,1-3H3. The molecular weight excluding hydrogens is 326 g/mol. The summed E-state index contributed by atoms with van der Waals surface area (Å²) in [7, 11) is 0. The van der Waals surface area contributed by atoms with Gasteiger partial charge in [-0.25, -0.2) is 9.18 Å². The number of ether oxygens (including phenoxy) is 1. The fourth-order valence-corrected chi connectivity index (χ4v) is 2.37. The SMILES string of the molecule is CC(C)(C)OC(=O)N1CC=C(c2ccc(F)c(C(F)(F)F)c2)CC1. The Balaban J connectivity index is 2.15. The Hall–Kier alpha value is -2.05. The topological polar surface area (TPSA) is 29.5 Å². The van der Waals surface area contributed by atoms with Crippen LogP contribution in [-0.4, -0.2) is 29.7 Å².